The predicted molar refractivity (Wildman–Crippen MR) is 117 cm³/mol. The SMILES string of the molecule is CC(C)(C)OC(=O)N1CCCC1C(CCCCl)C(=O)NNC(=O)OCc1ccccc1. The number of rotatable bonds is 7. The Morgan fingerprint density at radius 1 is 1.19 bits per heavy atom. The number of halogens is 1. The van der Waals surface area contributed by atoms with Gasteiger partial charge in [-0.15, -0.1) is 11.6 Å². The normalized spacial score (nSPS) is 17.0. The van der Waals surface area contributed by atoms with Crippen molar-refractivity contribution in [2.45, 2.75) is 64.7 Å². The van der Waals surface area contributed by atoms with Gasteiger partial charge in [0.2, 0.25) is 5.91 Å². The largest absolute Gasteiger partial charge is 0.444 e. The van der Waals surface area contributed by atoms with Crippen LogP contribution in [-0.2, 0) is 20.9 Å². The summed E-state index contributed by atoms with van der Waals surface area (Å²) >= 11 is 5.84. The van der Waals surface area contributed by atoms with E-state index in [1.54, 1.807) is 25.7 Å². The van der Waals surface area contributed by atoms with Gasteiger partial charge in [-0.3, -0.25) is 10.2 Å². The third-order valence-corrected chi connectivity index (χ3v) is 5.15. The molecule has 0 radical (unpaired) electrons. The highest BCUT2D eigenvalue weighted by molar-refractivity contribution is 6.17. The number of hydrogen-bond donors (Lipinski definition) is 2. The van der Waals surface area contributed by atoms with Gasteiger partial charge in [0.25, 0.3) is 0 Å². The summed E-state index contributed by atoms with van der Waals surface area (Å²) in [5.41, 5.74) is 4.93. The highest BCUT2D eigenvalue weighted by atomic mass is 35.5. The number of carbonyl (C=O) groups is 3. The summed E-state index contributed by atoms with van der Waals surface area (Å²) in [6.07, 6.45) is 1.35. The number of likely N-dealkylation sites (tertiary alicyclic amines) is 1. The zero-order valence-corrected chi connectivity index (χ0v) is 19.1. The number of hydrazine groups is 1. The maximum atomic E-state index is 12.9. The second-order valence-corrected chi connectivity index (χ2v) is 8.87. The van der Waals surface area contributed by atoms with E-state index in [2.05, 4.69) is 10.9 Å². The molecule has 0 spiro atoms. The molecule has 0 aliphatic carbocycles. The van der Waals surface area contributed by atoms with E-state index in [0.29, 0.717) is 31.7 Å². The Bertz CT molecular complexity index is 738. The maximum absolute atomic E-state index is 12.9. The van der Waals surface area contributed by atoms with Gasteiger partial charge in [-0.1, -0.05) is 30.3 Å². The smallest absolute Gasteiger partial charge is 0.426 e. The summed E-state index contributed by atoms with van der Waals surface area (Å²) in [5, 5.41) is 0. The molecule has 2 rings (SSSR count). The van der Waals surface area contributed by atoms with Gasteiger partial charge in [0, 0.05) is 18.5 Å². The first-order chi connectivity index (χ1) is 14.7. The van der Waals surface area contributed by atoms with Crippen LogP contribution in [0.2, 0.25) is 0 Å². The zero-order valence-electron chi connectivity index (χ0n) is 18.4. The number of alkyl halides is 1. The van der Waals surface area contributed by atoms with Crippen LogP contribution in [0.15, 0.2) is 30.3 Å². The van der Waals surface area contributed by atoms with Gasteiger partial charge in [-0.2, -0.15) is 0 Å². The maximum Gasteiger partial charge on any atom is 0.426 e. The second-order valence-electron chi connectivity index (χ2n) is 8.50. The molecule has 1 aromatic rings. The van der Waals surface area contributed by atoms with E-state index in [1.807, 2.05) is 30.3 Å². The summed E-state index contributed by atoms with van der Waals surface area (Å²) in [6, 6.07) is 8.91. The molecule has 1 saturated heterocycles. The van der Waals surface area contributed by atoms with E-state index in [1.165, 1.54) is 0 Å². The van der Waals surface area contributed by atoms with Crippen LogP contribution in [0.5, 0.6) is 0 Å². The molecular formula is C22H32ClN3O5. The first kappa shape index (κ1) is 24.8. The quantitative estimate of drug-likeness (QED) is 0.480. The minimum Gasteiger partial charge on any atom is -0.444 e. The number of ether oxygens (including phenoxy) is 2. The van der Waals surface area contributed by atoms with Crippen molar-refractivity contribution in [2.24, 2.45) is 5.92 Å². The molecule has 1 aliphatic rings. The zero-order chi connectivity index (χ0) is 22.9. The first-order valence-corrected chi connectivity index (χ1v) is 11.1. The molecular weight excluding hydrogens is 422 g/mol. The fraction of sp³-hybridized carbons (Fsp3) is 0.591. The fourth-order valence-electron chi connectivity index (χ4n) is 3.52. The molecule has 172 valence electrons. The number of nitrogens with one attached hydrogen (secondary N) is 2. The second kappa shape index (κ2) is 11.8. The van der Waals surface area contributed by atoms with Crippen LogP contribution >= 0.6 is 11.6 Å². The number of carbonyl (C=O) groups excluding carboxylic acids is 3. The standard InChI is InChI=1S/C22H32ClN3O5/c1-22(2,3)31-21(29)26-14-8-12-18(26)17(11-7-13-23)19(27)24-25-20(28)30-15-16-9-5-4-6-10-16/h4-6,9-10,17-18H,7-8,11-15H2,1-3H3,(H,24,27)(H,25,28). The lowest BCUT2D eigenvalue weighted by Gasteiger charge is -2.32. The monoisotopic (exact) mass is 453 g/mol. The minimum atomic E-state index is -0.760. The van der Waals surface area contributed by atoms with Gasteiger partial charge in [-0.25, -0.2) is 15.0 Å². The van der Waals surface area contributed by atoms with Crippen LogP contribution in [0.4, 0.5) is 9.59 Å². The van der Waals surface area contributed by atoms with Crippen molar-refractivity contribution in [1.82, 2.24) is 15.8 Å². The van der Waals surface area contributed by atoms with E-state index in [0.717, 1.165) is 12.0 Å². The summed E-state index contributed by atoms with van der Waals surface area (Å²) in [4.78, 5) is 39.0. The van der Waals surface area contributed by atoms with Gasteiger partial charge >= 0.3 is 12.2 Å². The summed E-state index contributed by atoms with van der Waals surface area (Å²) < 4.78 is 10.6. The molecule has 1 heterocycles. The van der Waals surface area contributed by atoms with Crippen LogP contribution in [0, 0.1) is 5.92 Å². The number of amides is 3. The van der Waals surface area contributed by atoms with Crippen LogP contribution < -0.4 is 10.9 Å². The van der Waals surface area contributed by atoms with E-state index in [-0.39, 0.29) is 18.6 Å². The van der Waals surface area contributed by atoms with Gasteiger partial charge in [0.1, 0.15) is 12.2 Å². The molecule has 1 aromatic carbocycles. The van der Waals surface area contributed by atoms with Gasteiger partial charge in [0.05, 0.1) is 5.92 Å². The number of benzene rings is 1. The molecule has 2 atom stereocenters. The highest BCUT2D eigenvalue weighted by Crippen LogP contribution is 2.29. The van der Waals surface area contributed by atoms with Crippen molar-refractivity contribution >= 4 is 29.7 Å². The van der Waals surface area contributed by atoms with Crippen LogP contribution in [0.3, 0.4) is 0 Å². The Balaban J connectivity index is 1.94. The van der Waals surface area contributed by atoms with Crippen LogP contribution in [-0.4, -0.2) is 47.1 Å². The van der Waals surface area contributed by atoms with Crippen molar-refractivity contribution in [3.8, 4) is 0 Å². The summed E-state index contributed by atoms with van der Waals surface area (Å²) in [5.74, 6) is -0.513. The van der Waals surface area contributed by atoms with Gasteiger partial charge in [0.15, 0.2) is 0 Å². The Kier molecular flexibility index (Phi) is 9.43. The first-order valence-electron chi connectivity index (χ1n) is 10.5. The number of hydrogen-bond acceptors (Lipinski definition) is 5. The third kappa shape index (κ3) is 8.28. The molecule has 0 bridgehead atoms. The molecule has 31 heavy (non-hydrogen) atoms. The van der Waals surface area contributed by atoms with Crippen molar-refractivity contribution in [2.75, 3.05) is 12.4 Å². The Hall–Kier alpha value is -2.48. The van der Waals surface area contributed by atoms with Crippen molar-refractivity contribution in [3.05, 3.63) is 35.9 Å². The molecule has 1 aliphatic heterocycles. The average molecular weight is 454 g/mol. The van der Waals surface area contributed by atoms with Crippen LogP contribution in [0.1, 0.15) is 52.0 Å². The molecule has 2 unspecified atom stereocenters. The molecule has 2 N–H and O–H groups in total. The topological polar surface area (TPSA) is 97.0 Å². The fourth-order valence-corrected chi connectivity index (χ4v) is 3.67. The molecule has 9 heteroatoms. The molecule has 0 aromatic heterocycles. The summed E-state index contributed by atoms with van der Waals surface area (Å²) in [7, 11) is 0. The average Bonchev–Trinajstić information content (AvgIpc) is 3.20. The van der Waals surface area contributed by atoms with E-state index in [9.17, 15) is 14.4 Å². The van der Waals surface area contributed by atoms with Crippen LogP contribution in [0.25, 0.3) is 0 Å². The third-order valence-electron chi connectivity index (χ3n) is 4.88. The van der Waals surface area contributed by atoms with E-state index >= 15 is 0 Å². The van der Waals surface area contributed by atoms with E-state index in [4.69, 9.17) is 21.1 Å². The lowest BCUT2D eigenvalue weighted by Crippen LogP contribution is -2.51. The minimum absolute atomic E-state index is 0.0905. The Labute approximate surface area is 188 Å². The van der Waals surface area contributed by atoms with Crippen molar-refractivity contribution < 1.29 is 23.9 Å². The molecule has 0 saturated carbocycles. The lowest BCUT2D eigenvalue weighted by molar-refractivity contribution is -0.128. The Morgan fingerprint density at radius 3 is 2.55 bits per heavy atom. The molecule has 1 fully saturated rings. The lowest BCUT2D eigenvalue weighted by atomic mass is 9.92. The van der Waals surface area contributed by atoms with E-state index < -0.39 is 23.7 Å². The predicted octanol–water partition coefficient (Wildman–Crippen LogP) is 3.98. The highest BCUT2D eigenvalue weighted by Gasteiger charge is 2.40. The number of nitrogens with zero attached hydrogens (tertiary/aromatic N) is 1. The van der Waals surface area contributed by atoms with Gasteiger partial charge in [-0.05, 0) is 52.0 Å². The molecule has 3 amide bonds. The van der Waals surface area contributed by atoms with Crippen molar-refractivity contribution in [1.29, 1.82) is 0 Å². The van der Waals surface area contributed by atoms with Gasteiger partial charge < -0.3 is 14.4 Å². The Morgan fingerprint density at radius 2 is 1.90 bits per heavy atom. The summed E-state index contributed by atoms with van der Waals surface area (Å²) in [6.45, 7) is 6.03. The van der Waals surface area contributed by atoms with Crippen molar-refractivity contribution in [3.63, 3.8) is 0 Å². The molecule has 8 nitrogen and oxygen atoms in total.